The average molecular weight is 371 g/mol. The minimum absolute atomic E-state index is 0.117. The molecule has 1 aliphatic heterocycles. The molecule has 1 fully saturated rings. The highest BCUT2D eigenvalue weighted by Gasteiger charge is 2.22. The minimum Gasteiger partial charge on any atom is -0.350 e. The molecule has 1 atom stereocenters. The Bertz CT molecular complexity index is 685. The zero-order chi connectivity index (χ0) is 18.2. The molecule has 6 heteroatoms. The number of nitrogens with zero attached hydrogens (tertiary/aromatic N) is 3. The molecule has 1 N–H and O–H groups in total. The number of nitrogens with one attached hydrogen (secondary N) is 1. The predicted molar refractivity (Wildman–Crippen MR) is 105 cm³/mol. The van der Waals surface area contributed by atoms with E-state index in [4.69, 9.17) is 0 Å². The van der Waals surface area contributed by atoms with Crippen LogP contribution in [0.15, 0.2) is 47.9 Å². The van der Waals surface area contributed by atoms with Crippen LogP contribution in [0, 0.1) is 0 Å². The van der Waals surface area contributed by atoms with E-state index in [9.17, 15) is 4.79 Å². The second-order valence-electron chi connectivity index (χ2n) is 6.55. The third-order valence-corrected chi connectivity index (χ3v) is 5.37. The van der Waals surface area contributed by atoms with Crippen LogP contribution >= 0.6 is 11.8 Å². The lowest BCUT2D eigenvalue weighted by atomic mass is 10.0. The predicted octanol–water partition coefficient (Wildman–Crippen LogP) is 3.55. The highest BCUT2D eigenvalue weighted by Crippen LogP contribution is 2.23. The van der Waals surface area contributed by atoms with E-state index >= 15 is 0 Å². The van der Waals surface area contributed by atoms with Crippen LogP contribution in [0.4, 0.5) is 0 Å². The minimum atomic E-state index is -0.117. The zero-order valence-electron chi connectivity index (χ0n) is 15.2. The summed E-state index contributed by atoms with van der Waals surface area (Å²) in [6, 6.07) is 10.7. The lowest BCUT2D eigenvalue weighted by molar-refractivity contribution is 0.0932. The van der Waals surface area contributed by atoms with E-state index in [2.05, 4.69) is 44.5 Å². The summed E-state index contributed by atoms with van der Waals surface area (Å²) in [6.45, 7) is 2.76. The first-order chi connectivity index (χ1) is 12.8. The Morgan fingerprint density at radius 3 is 2.38 bits per heavy atom. The van der Waals surface area contributed by atoms with Crippen LogP contribution in [-0.2, 0) is 0 Å². The van der Waals surface area contributed by atoms with Crippen molar-refractivity contribution in [3.05, 3.63) is 53.9 Å². The Hall–Kier alpha value is -1.92. The molecule has 1 saturated heterocycles. The van der Waals surface area contributed by atoms with Crippen molar-refractivity contribution in [3.8, 4) is 0 Å². The Kier molecular flexibility index (Phi) is 7.03. The van der Waals surface area contributed by atoms with Crippen molar-refractivity contribution in [1.29, 1.82) is 0 Å². The standard InChI is InChI=1S/C20H26N4OS/c1-26-20-22-13-17(14-23-20)19(25)21-15-18(16-9-5-4-6-10-16)24-11-7-2-3-8-12-24/h4-6,9-10,13-14,18H,2-3,7-8,11-12,15H2,1H3,(H,21,25)/t18-/m1/s1. The fourth-order valence-electron chi connectivity index (χ4n) is 3.37. The molecule has 5 nitrogen and oxygen atoms in total. The second kappa shape index (κ2) is 9.69. The largest absolute Gasteiger partial charge is 0.350 e. The number of aromatic nitrogens is 2. The van der Waals surface area contributed by atoms with E-state index in [-0.39, 0.29) is 11.9 Å². The van der Waals surface area contributed by atoms with Crippen molar-refractivity contribution >= 4 is 17.7 Å². The van der Waals surface area contributed by atoms with E-state index in [1.54, 1.807) is 12.4 Å². The normalized spacial score (nSPS) is 16.7. The van der Waals surface area contributed by atoms with Gasteiger partial charge in [-0.15, -0.1) is 0 Å². The van der Waals surface area contributed by atoms with Gasteiger partial charge in [-0.25, -0.2) is 9.97 Å². The molecule has 0 saturated carbocycles. The maximum absolute atomic E-state index is 12.5. The molecule has 0 unspecified atom stereocenters. The van der Waals surface area contributed by atoms with Gasteiger partial charge in [-0.2, -0.15) is 0 Å². The first-order valence-electron chi connectivity index (χ1n) is 9.21. The van der Waals surface area contributed by atoms with Crippen LogP contribution in [0.3, 0.4) is 0 Å². The fraction of sp³-hybridized carbons (Fsp3) is 0.450. The van der Waals surface area contributed by atoms with Crippen molar-refractivity contribution < 1.29 is 4.79 Å². The van der Waals surface area contributed by atoms with E-state index < -0.39 is 0 Å². The summed E-state index contributed by atoms with van der Waals surface area (Å²) in [4.78, 5) is 23.4. The van der Waals surface area contributed by atoms with Gasteiger partial charge < -0.3 is 5.32 Å². The van der Waals surface area contributed by atoms with Gasteiger partial charge in [0, 0.05) is 18.9 Å². The van der Waals surface area contributed by atoms with Gasteiger partial charge in [-0.05, 0) is 37.8 Å². The number of hydrogen-bond donors (Lipinski definition) is 1. The summed E-state index contributed by atoms with van der Waals surface area (Å²) in [7, 11) is 0. The summed E-state index contributed by atoms with van der Waals surface area (Å²) in [5.74, 6) is -0.117. The maximum atomic E-state index is 12.5. The molecule has 1 amide bonds. The summed E-state index contributed by atoms with van der Waals surface area (Å²) in [5.41, 5.74) is 1.76. The number of likely N-dealkylation sites (tertiary alicyclic amines) is 1. The Morgan fingerprint density at radius 2 is 1.77 bits per heavy atom. The van der Waals surface area contributed by atoms with E-state index in [1.165, 1.54) is 43.0 Å². The highest BCUT2D eigenvalue weighted by atomic mass is 32.2. The summed E-state index contributed by atoms with van der Waals surface area (Å²) >= 11 is 1.46. The zero-order valence-corrected chi connectivity index (χ0v) is 16.0. The topological polar surface area (TPSA) is 58.1 Å². The third-order valence-electron chi connectivity index (χ3n) is 4.79. The summed E-state index contributed by atoms with van der Waals surface area (Å²) in [6.07, 6.45) is 10.1. The van der Waals surface area contributed by atoms with E-state index in [0.29, 0.717) is 17.3 Å². The van der Waals surface area contributed by atoms with Crippen LogP contribution in [0.25, 0.3) is 0 Å². The summed E-state index contributed by atoms with van der Waals surface area (Å²) < 4.78 is 0. The first-order valence-corrected chi connectivity index (χ1v) is 10.4. The molecule has 1 aromatic carbocycles. The van der Waals surface area contributed by atoms with Gasteiger partial charge in [0.25, 0.3) is 5.91 Å². The van der Waals surface area contributed by atoms with Crippen molar-refractivity contribution in [2.24, 2.45) is 0 Å². The molecule has 0 aliphatic carbocycles. The molecule has 138 valence electrons. The Balaban J connectivity index is 1.69. The summed E-state index contributed by atoms with van der Waals surface area (Å²) in [5, 5.41) is 3.76. The maximum Gasteiger partial charge on any atom is 0.254 e. The smallest absolute Gasteiger partial charge is 0.254 e. The molecular weight excluding hydrogens is 344 g/mol. The Morgan fingerprint density at radius 1 is 1.12 bits per heavy atom. The number of carbonyl (C=O) groups excluding carboxylic acids is 1. The van der Waals surface area contributed by atoms with E-state index in [0.717, 1.165) is 13.1 Å². The number of amides is 1. The van der Waals surface area contributed by atoms with Crippen molar-refractivity contribution in [1.82, 2.24) is 20.2 Å². The van der Waals surface area contributed by atoms with Gasteiger partial charge in [0.2, 0.25) is 0 Å². The molecule has 0 spiro atoms. The third kappa shape index (κ3) is 5.05. The Labute approximate surface area is 159 Å². The van der Waals surface area contributed by atoms with Crippen molar-refractivity contribution in [3.63, 3.8) is 0 Å². The van der Waals surface area contributed by atoms with Gasteiger partial charge in [0.15, 0.2) is 5.16 Å². The van der Waals surface area contributed by atoms with Gasteiger partial charge in [-0.3, -0.25) is 9.69 Å². The second-order valence-corrected chi connectivity index (χ2v) is 7.32. The van der Waals surface area contributed by atoms with Crippen LogP contribution in [0.1, 0.15) is 47.6 Å². The van der Waals surface area contributed by atoms with Gasteiger partial charge in [0.05, 0.1) is 11.6 Å². The first kappa shape index (κ1) is 18.9. The van der Waals surface area contributed by atoms with Crippen LogP contribution in [0.2, 0.25) is 0 Å². The monoisotopic (exact) mass is 370 g/mol. The number of benzene rings is 1. The number of rotatable bonds is 6. The average Bonchev–Trinajstić information content (AvgIpc) is 2.98. The SMILES string of the molecule is CSc1ncc(C(=O)NC[C@H](c2ccccc2)N2CCCCCC2)cn1. The lowest BCUT2D eigenvalue weighted by Crippen LogP contribution is -2.38. The molecule has 3 rings (SSSR count). The van der Waals surface area contributed by atoms with E-state index in [1.807, 2.05) is 12.3 Å². The van der Waals surface area contributed by atoms with Crippen molar-refractivity contribution in [2.45, 2.75) is 36.9 Å². The lowest BCUT2D eigenvalue weighted by Gasteiger charge is -2.31. The van der Waals surface area contributed by atoms with Gasteiger partial charge >= 0.3 is 0 Å². The number of hydrogen-bond acceptors (Lipinski definition) is 5. The molecular formula is C20H26N4OS. The fourth-order valence-corrected chi connectivity index (χ4v) is 3.69. The molecule has 2 heterocycles. The van der Waals surface area contributed by atoms with Gasteiger partial charge in [0.1, 0.15) is 0 Å². The molecule has 2 aromatic rings. The molecule has 0 radical (unpaired) electrons. The quantitative estimate of drug-likeness (QED) is 0.622. The number of carbonyl (C=O) groups is 1. The van der Waals surface area contributed by atoms with Crippen LogP contribution in [0.5, 0.6) is 0 Å². The molecule has 26 heavy (non-hydrogen) atoms. The van der Waals surface area contributed by atoms with Gasteiger partial charge in [-0.1, -0.05) is 54.9 Å². The van der Waals surface area contributed by atoms with Crippen LogP contribution in [-0.4, -0.2) is 46.7 Å². The highest BCUT2D eigenvalue weighted by molar-refractivity contribution is 7.98. The number of thioether (sulfide) groups is 1. The van der Waals surface area contributed by atoms with Crippen molar-refractivity contribution in [2.75, 3.05) is 25.9 Å². The molecule has 0 bridgehead atoms. The molecule has 1 aliphatic rings. The molecule has 1 aromatic heterocycles. The van der Waals surface area contributed by atoms with Crippen LogP contribution < -0.4 is 5.32 Å².